The Morgan fingerprint density at radius 3 is 2.89 bits per heavy atom. The van der Waals surface area contributed by atoms with Gasteiger partial charge in [0.05, 0.1) is 0 Å². The predicted molar refractivity (Wildman–Crippen MR) is 74.1 cm³/mol. The lowest BCUT2D eigenvalue weighted by molar-refractivity contribution is 0.496. The molecule has 0 aliphatic carbocycles. The topological polar surface area (TPSA) is 63.8 Å². The number of pyridine rings is 1. The second kappa shape index (κ2) is 6.31. The molecule has 5 heteroatoms. The van der Waals surface area contributed by atoms with Crippen molar-refractivity contribution in [2.24, 2.45) is 0 Å². The molecule has 0 bridgehead atoms. The van der Waals surface area contributed by atoms with Crippen LogP contribution in [0, 0.1) is 6.92 Å². The summed E-state index contributed by atoms with van der Waals surface area (Å²) in [6.45, 7) is 6.16. The van der Waals surface area contributed by atoms with Crippen LogP contribution in [0.4, 0.5) is 6.01 Å². The highest BCUT2D eigenvalue weighted by Gasteiger charge is 2.10. The molecule has 2 heterocycles. The Morgan fingerprint density at radius 2 is 2.16 bits per heavy atom. The molecule has 1 atom stereocenters. The van der Waals surface area contributed by atoms with E-state index < -0.39 is 0 Å². The van der Waals surface area contributed by atoms with Crippen molar-refractivity contribution in [1.82, 2.24) is 15.2 Å². The van der Waals surface area contributed by atoms with E-state index in [4.69, 9.17) is 4.42 Å². The van der Waals surface area contributed by atoms with Crippen molar-refractivity contribution < 1.29 is 4.42 Å². The van der Waals surface area contributed by atoms with Gasteiger partial charge in [0.1, 0.15) is 0 Å². The Morgan fingerprint density at radius 1 is 1.32 bits per heavy atom. The first-order valence-electron chi connectivity index (χ1n) is 6.69. The molecule has 2 aromatic heterocycles. The lowest BCUT2D eigenvalue weighted by Gasteiger charge is -2.11. The van der Waals surface area contributed by atoms with Crippen LogP contribution < -0.4 is 5.32 Å². The van der Waals surface area contributed by atoms with Crippen LogP contribution in [0.2, 0.25) is 0 Å². The van der Waals surface area contributed by atoms with E-state index in [1.54, 1.807) is 0 Å². The average molecular weight is 260 g/mol. The van der Waals surface area contributed by atoms with Crippen molar-refractivity contribution in [2.45, 2.75) is 46.1 Å². The van der Waals surface area contributed by atoms with Gasteiger partial charge >= 0.3 is 6.01 Å². The maximum atomic E-state index is 5.50. The van der Waals surface area contributed by atoms with Crippen LogP contribution in [-0.4, -0.2) is 21.2 Å². The number of rotatable bonds is 6. The Hall–Kier alpha value is -1.91. The minimum Gasteiger partial charge on any atom is -0.408 e. The summed E-state index contributed by atoms with van der Waals surface area (Å²) in [5.41, 5.74) is 2.10. The Balaban J connectivity index is 1.91. The smallest absolute Gasteiger partial charge is 0.315 e. The maximum absolute atomic E-state index is 5.50. The zero-order valence-corrected chi connectivity index (χ0v) is 11.7. The maximum Gasteiger partial charge on any atom is 0.315 e. The summed E-state index contributed by atoms with van der Waals surface area (Å²) in [5, 5.41) is 11.2. The van der Waals surface area contributed by atoms with Crippen LogP contribution in [0.5, 0.6) is 0 Å². The zero-order chi connectivity index (χ0) is 13.7. The monoisotopic (exact) mass is 260 g/mol. The molecule has 1 unspecified atom stereocenters. The van der Waals surface area contributed by atoms with Crippen molar-refractivity contribution >= 4 is 6.01 Å². The van der Waals surface area contributed by atoms with Gasteiger partial charge in [0, 0.05) is 30.3 Å². The fourth-order valence-electron chi connectivity index (χ4n) is 1.92. The summed E-state index contributed by atoms with van der Waals surface area (Å²) >= 11 is 0. The van der Waals surface area contributed by atoms with E-state index in [1.165, 1.54) is 0 Å². The minimum atomic E-state index is 0.198. The van der Waals surface area contributed by atoms with Gasteiger partial charge < -0.3 is 9.73 Å². The first-order valence-corrected chi connectivity index (χ1v) is 6.69. The van der Waals surface area contributed by atoms with Crippen molar-refractivity contribution in [3.8, 4) is 0 Å². The fourth-order valence-corrected chi connectivity index (χ4v) is 1.92. The Bertz CT molecular complexity index is 524. The molecule has 5 nitrogen and oxygen atoms in total. The van der Waals surface area contributed by atoms with Gasteiger partial charge in [-0.05, 0) is 32.4 Å². The molecule has 102 valence electrons. The molecule has 0 saturated heterocycles. The normalized spacial score (nSPS) is 12.4. The number of hydrogen-bond donors (Lipinski definition) is 1. The van der Waals surface area contributed by atoms with E-state index in [2.05, 4.69) is 34.3 Å². The molecule has 0 spiro atoms. The quantitative estimate of drug-likeness (QED) is 0.865. The van der Waals surface area contributed by atoms with Crippen molar-refractivity contribution in [3.63, 3.8) is 0 Å². The van der Waals surface area contributed by atoms with E-state index in [1.807, 2.05) is 25.1 Å². The average Bonchev–Trinajstić information content (AvgIpc) is 2.77. The van der Waals surface area contributed by atoms with Gasteiger partial charge in [-0.1, -0.05) is 18.1 Å². The molecule has 0 aromatic carbocycles. The van der Waals surface area contributed by atoms with Crippen LogP contribution in [0.25, 0.3) is 0 Å². The first-order chi connectivity index (χ1) is 9.17. The van der Waals surface area contributed by atoms with Crippen molar-refractivity contribution in [3.05, 3.63) is 35.5 Å². The van der Waals surface area contributed by atoms with Gasteiger partial charge in [0.15, 0.2) is 0 Å². The first kappa shape index (κ1) is 13.5. The highest BCUT2D eigenvalue weighted by molar-refractivity contribution is 5.21. The van der Waals surface area contributed by atoms with Crippen LogP contribution in [0.3, 0.4) is 0 Å². The molecule has 0 amide bonds. The summed E-state index contributed by atoms with van der Waals surface area (Å²) < 4.78 is 5.50. The number of aryl methyl sites for hydroxylation is 2. The summed E-state index contributed by atoms with van der Waals surface area (Å²) in [6.07, 6.45) is 2.65. The number of nitrogens with zero attached hydrogens (tertiary/aromatic N) is 3. The van der Waals surface area contributed by atoms with Gasteiger partial charge in [-0.15, -0.1) is 5.10 Å². The zero-order valence-electron chi connectivity index (χ0n) is 11.7. The van der Waals surface area contributed by atoms with Crippen LogP contribution >= 0.6 is 0 Å². The SMILES string of the molecule is CCCc1nnc(NC(C)Cc2cccc(C)n2)o1. The molecule has 0 aliphatic rings. The van der Waals surface area contributed by atoms with Crippen LogP contribution in [0.1, 0.15) is 37.5 Å². The van der Waals surface area contributed by atoms with Gasteiger partial charge in [0.25, 0.3) is 0 Å². The second-order valence-electron chi connectivity index (χ2n) is 4.77. The molecule has 0 radical (unpaired) electrons. The molecular weight excluding hydrogens is 240 g/mol. The molecule has 0 aliphatic heterocycles. The molecular formula is C14H20N4O. The molecule has 1 N–H and O–H groups in total. The number of aromatic nitrogens is 3. The molecule has 0 fully saturated rings. The van der Waals surface area contributed by atoms with E-state index in [9.17, 15) is 0 Å². The van der Waals surface area contributed by atoms with Crippen LogP contribution in [0.15, 0.2) is 22.6 Å². The Kier molecular flexibility index (Phi) is 4.49. The highest BCUT2D eigenvalue weighted by atomic mass is 16.4. The van der Waals surface area contributed by atoms with Gasteiger partial charge in [-0.3, -0.25) is 4.98 Å². The van der Waals surface area contributed by atoms with Crippen molar-refractivity contribution in [1.29, 1.82) is 0 Å². The summed E-state index contributed by atoms with van der Waals surface area (Å²) in [6, 6.07) is 6.74. The lowest BCUT2D eigenvalue weighted by atomic mass is 10.1. The molecule has 2 rings (SSSR count). The Labute approximate surface area is 113 Å². The van der Waals surface area contributed by atoms with E-state index >= 15 is 0 Å². The number of hydrogen-bond acceptors (Lipinski definition) is 5. The van der Waals surface area contributed by atoms with Crippen LogP contribution in [-0.2, 0) is 12.8 Å². The summed E-state index contributed by atoms with van der Waals surface area (Å²) in [5.74, 6) is 0.686. The predicted octanol–water partition coefficient (Wildman–Crippen LogP) is 2.77. The largest absolute Gasteiger partial charge is 0.408 e. The van der Waals surface area contributed by atoms with E-state index in [0.717, 1.165) is 30.7 Å². The van der Waals surface area contributed by atoms with Gasteiger partial charge in [-0.25, -0.2) is 0 Å². The second-order valence-corrected chi connectivity index (χ2v) is 4.77. The summed E-state index contributed by atoms with van der Waals surface area (Å²) in [7, 11) is 0. The van der Waals surface area contributed by atoms with Crippen molar-refractivity contribution in [2.75, 3.05) is 5.32 Å². The third kappa shape index (κ3) is 4.05. The summed E-state index contributed by atoms with van der Waals surface area (Å²) in [4.78, 5) is 4.48. The molecule has 19 heavy (non-hydrogen) atoms. The lowest BCUT2D eigenvalue weighted by Crippen LogP contribution is -2.19. The van der Waals surface area contributed by atoms with Gasteiger partial charge in [-0.2, -0.15) is 0 Å². The molecule has 2 aromatic rings. The fraction of sp³-hybridized carbons (Fsp3) is 0.500. The van der Waals surface area contributed by atoms with E-state index in [-0.39, 0.29) is 6.04 Å². The standard InChI is InChI=1S/C14H20N4O/c1-4-6-13-17-18-14(19-13)16-11(3)9-12-8-5-7-10(2)15-12/h5,7-8,11H,4,6,9H2,1-3H3,(H,16,18). The number of anilines is 1. The number of nitrogens with one attached hydrogen (secondary N) is 1. The third-order valence-corrected chi connectivity index (χ3v) is 2.76. The highest BCUT2D eigenvalue weighted by Crippen LogP contribution is 2.10. The van der Waals surface area contributed by atoms with Gasteiger partial charge in [0.2, 0.25) is 5.89 Å². The van der Waals surface area contributed by atoms with E-state index in [0.29, 0.717) is 11.9 Å². The third-order valence-electron chi connectivity index (χ3n) is 2.76. The molecule has 0 saturated carbocycles. The minimum absolute atomic E-state index is 0.198.